The van der Waals surface area contributed by atoms with Gasteiger partial charge < -0.3 is 9.47 Å². The number of aromatic nitrogens is 1. The zero-order valence-electron chi connectivity index (χ0n) is 36.8. The molecule has 14 rings (SSSR count). The molecule has 11 aromatic rings. The molecule has 0 N–H and O–H groups in total. The Hall–Kier alpha value is -8.20. The number of nitrogens with zero attached hydrogens (tertiary/aromatic N) is 2. The molecule has 0 amide bonds. The molecule has 0 atom stereocenters. The topological polar surface area (TPSA) is 8.17 Å². The quantitative estimate of drug-likeness (QED) is 0.168. The van der Waals surface area contributed by atoms with Crippen LogP contribution in [0.3, 0.4) is 0 Å². The fourth-order valence-corrected chi connectivity index (χ4v) is 12.6. The summed E-state index contributed by atoms with van der Waals surface area (Å²) in [6.07, 6.45) is 0. The molecule has 0 radical (unpaired) electrons. The number of hydrogen-bond acceptors (Lipinski definition) is 1. The average Bonchev–Trinajstić information content (AvgIpc) is 3.96. The molecule has 0 bridgehead atoms. The van der Waals surface area contributed by atoms with E-state index in [9.17, 15) is 0 Å². The van der Waals surface area contributed by atoms with Crippen molar-refractivity contribution in [2.45, 2.75) is 24.7 Å². The molecule has 2 aliphatic carbocycles. The van der Waals surface area contributed by atoms with Gasteiger partial charge in [-0.3, -0.25) is 0 Å². The van der Waals surface area contributed by atoms with E-state index in [0.29, 0.717) is 0 Å². The zero-order valence-corrected chi connectivity index (χ0v) is 36.8. The first kappa shape index (κ1) is 37.2. The largest absolute Gasteiger partial charge is 0.309 e. The van der Waals surface area contributed by atoms with Gasteiger partial charge in [0.1, 0.15) is 0 Å². The van der Waals surface area contributed by atoms with Crippen LogP contribution in [0.5, 0.6) is 0 Å². The van der Waals surface area contributed by atoms with Crippen molar-refractivity contribution >= 4 is 38.9 Å². The average molecular weight is 841 g/mol. The van der Waals surface area contributed by atoms with Crippen LogP contribution in [0, 0.1) is 0 Å². The van der Waals surface area contributed by atoms with Crippen molar-refractivity contribution in [3.05, 3.63) is 264 Å². The standard InChI is InChI=1S/C64H44N2/c1-63(2)50-31-12-8-28-49(50)60-53(63)34-20-39-58(60)65(55-36-15-9-23-42(55)41-21-4-3-5-22-41)56-37-16-10-26-45(56)47-29-19-40-59-61(47)64(51-32-13-6-24-43(51)44-25-7-14-33-52(44)64)54-35-18-30-48-46-27-11-17-38-57(46)66(59)62(48)54/h3-40H,1-2H3. The second kappa shape index (κ2) is 13.7. The summed E-state index contributed by atoms with van der Waals surface area (Å²) in [5.41, 5.74) is 24.3. The number of para-hydroxylation sites is 4. The lowest BCUT2D eigenvalue weighted by Crippen LogP contribution is -2.34. The van der Waals surface area contributed by atoms with Crippen molar-refractivity contribution in [1.82, 2.24) is 4.57 Å². The molecule has 1 aromatic heterocycles. The summed E-state index contributed by atoms with van der Waals surface area (Å²) in [6.45, 7) is 4.76. The molecule has 0 saturated carbocycles. The van der Waals surface area contributed by atoms with Crippen molar-refractivity contribution in [3.8, 4) is 50.2 Å². The summed E-state index contributed by atoms with van der Waals surface area (Å²) in [6, 6.07) is 86.4. The maximum atomic E-state index is 2.58. The minimum atomic E-state index is -0.611. The third kappa shape index (κ3) is 4.75. The highest BCUT2D eigenvalue weighted by atomic mass is 15.2. The first-order valence-corrected chi connectivity index (χ1v) is 23.2. The molecule has 310 valence electrons. The number of benzene rings is 10. The third-order valence-electron chi connectivity index (χ3n) is 15.2. The lowest BCUT2D eigenvalue weighted by Gasteiger charge is -2.41. The van der Waals surface area contributed by atoms with Gasteiger partial charge in [-0.05, 0) is 86.0 Å². The van der Waals surface area contributed by atoms with Gasteiger partial charge >= 0.3 is 0 Å². The molecule has 3 aliphatic rings. The first-order valence-electron chi connectivity index (χ1n) is 23.2. The van der Waals surface area contributed by atoms with Crippen molar-refractivity contribution in [3.63, 3.8) is 0 Å². The van der Waals surface area contributed by atoms with Crippen LogP contribution in [0.15, 0.2) is 231 Å². The number of fused-ring (bicyclic) bond motifs is 15. The van der Waals surface area contributed by atoms with Gasteiger partial charge in [0.05, 0.1) is 39.2 Å². The van der Waals surface area contributed by atoms with Crippen molar-refractivity contribution in [2.24, 2.45) is 0 Å². The molecule has 0 unspecified atom stereocenters. The smallest absolute Gasteiger partial charge is 0.0760 e. The predicted molar refractivity (Wildman–Crippen MR) is 275 cm³/mol. The van der Waals surface area contributed by atoms with Crippen LogP contribution in [0.4, 0.5) is 17.1 Å². The second-order valence-electron chi connectivity index (χ2n) is 18.7. The van der Waals surface area contributed by atoms with Gasteiger partial charge in [0.15, 0.2) is 0 Å². The fourth-order valence-electron chi connectivity index (χ4n) is 12.6. The van der Waals surface area contributed by atoms with Gasteiger partial charge in [-0.15, -0.1) is 0 Å². The Morgan fingerprint density at radius 3 is 1.61 bits per heavy atom. The summed E-state index contributed by atoms with van der Waals surface area (Å²) in [7, 11) is 0. The molecule has 2 heteroatoms. The molecule has 1 spiro atoms. The Balaban J connectivity index is 1.13. The Morgan fingerprint density at radius 2 is 0.848 bits per heavy atom. The van der Waals surface area contributed by atoms with Crippen LogP contribution in [-0.2, 0) is 10.8 Å². The van der Waals surface area contributed by atoms with Crippen LogP contribution in [0.25, 0.3) is 72.0 Å². The van der Waals surface area contributed by atoms with E-state index in [1.165, 1.54) is 111 Å². The van der Waals surface area contributed by atoms with Gasteiger partial charge in [0.2, 0.25) is 0 Å². The molecular formula is C64H44N2. The second-order valence-corrected chi connectivity index (χ2v) is 18.7. The van der Waals surface area contributed by atoms with Gasteiger partial charge in [-0.2, -0.15) is 0 Å². The van der Waals surface area contributed by atoms with Gasteiger partial charge in [-0.1, -0.05) is 214 Å². The highest BCUT2D eigenvalue weighted by Crippen LogP contribution is 2.64. The van der Waals surface area contributed by atoms with E-state index in [4.69, 9.17) is 0 Å². The Labute approximate surface area is 385 Å². The lowest BCUT2D eigenvalue weighted by atomic mass is 9.63. The molecule has 2 nitrogen and oxygen atoms in total. The van der Waals surface area contributed by atoms with Crippen LogP contribution in [0.2, 0.25) is 0 Å². The van der Waals surface area contributed by atoms with Crippen molar-refractivity contribution in [2.75, 3.05) is 4.90 Å². The van der Waals surface area contributed by atoms with E-state index >= 15 is 0 Å². The fraction of sp³-hybridized carbons (Fsp3) is 0.0625. The van der Waals surface area contributed by atoms with Crippen molar-refractivity contribution < 1.29 is 0 Å². The number of hydrogen-bond donors (Lipinski definition) is 0. The molecule has 10 aromatic carbocycles. The van der Waals surface area contributed by atoms with Crippen LogP contribution in [0.1, 0.15) is 47.2 Å². The molecule has 0 fully saturated rings. The lowest BCUT2D eigenvalue weighted by molar-refractivity contribution is 0.660. The van der Waals surface area contributed by atoms with Gasteiger partial charge in [0.25, 0.3) is 0 Å². The van der Waals surface area contributed by atoms with Crippen LogP contribution in [-0.4, -0.2) is 4.57 Å². The highest BCUT2D eigenvalue weighted by molar-refractivity contribution is 6.14. The van der Waals surface area contributed by atoms with Crippen LogP contribution >= 0.6 is 0 Å². The predicted octanol–water partition coefficient (Wildman–Crippen LogP) is 16.6. The Kier molecular flexibility index (Phi) is 7.70. The van der Waals surface area contributed by atoms with E-state index in [0.717, 1.165) is 11.4 Å². The summed E-state index contributed by atoms with van der Waals surface area (Å²) >= 11 is 0. The molecule has 2 heterocycles. The minimum Gasteiger partial charge on any atom is -0.309 e. The number of rotatable bonds is 5. The van der Waals surface area contributed by atoms with E-state index in [2.05, 4.69) is 254 Å². The Bertz CT molecular complexity index is 3760. The van der Waals surface area contributed by atoms with Crippen molar-refractivity contribution in [1.29, 1.82) is 0 Å². The summed E-state index contributed by atoms with van der Waals surface area (Å²) < 4.78 is 2.57. The van der Waals surface area contributed by atoms with E-state index in [1.807, 2.05) is 0 Å². The van der Waals surface area contributed by atoms with E-state index in [-0.39, 0.29) is 5.41 Å². The molecule has 0 saturated heterocycles. The summed E-state index contributed by atoms with van der Waals surface area (Å²) in [5.74, 6) is 0. The van der Waals surface area contributed by atoms with Gasteiger partial charge in [0, 0.05) is 38.4 Å². The SMILES string of the molecule is CC1(C)c2ccccc2-c2c(N(c3ccccc3-c3ccccc3)c3ccccc3-c3cccc4c3C3(c5ccccc5-c5ccccc53)c3cccc5c6ccccc6n-4c35)cccc21. The number of anilines is 3. The van der Waals surface area contributed by atoms with E-state index in [1.54, 1.807) is 0 Å². The molecule has 1 aliphatic heterocycles. The zero-order chi connectivity index (χ0) is 43.7. The maximum absolute atomic E-state index is 2.58. The molecular weight excluding hydrogens is 797 g/mol. The highest BCUT2D eigenvalue weighted by Gasteiger charge is 2.52. The van der Waals surface area contributed by atoms with Crippen LogP contribution < -0.4 is 4.90 Å². The Morgan fingerprint density at radius 1 is 0.348 bits per heavy atom. The first-order chi connectivity index (χ1) is 32.6. The summed E-state index contributed by atoms with van der Waals surface area (Å²) in [5, 5.41) is 2.55. The van der Waals surface area contributed by atoms with E-state index < -0.39 is 5.41 Å². The van der Waals surface area contributed by atoms with Gasteiger partial charge in [-0.25, -0.2) is 0 Å². The third-order valence-corrected chi connectivity index (χ3v) is 15.2. The maximum Gasteiger partial charge on any atom is 0.0760 e. The normalized spacial score (nSPS) is 14.2. The summed E-state index contributed by atoms with van der Waals surface area (Å²) in [4.78, 5) is 2.58. The minimum absolute atomic E-state index is 0.168. The monoisotopic (exact) mass is 840 g/mol. The molecule has 66 heavy (non-hydrogen) atoms.